The monoisotopic (exact) mass is 265 g/mol. The Morgan fingerprint density at radius 3 is 3.00 bits per heavy atom. The van der Waals surface area contributed by atoms with Gasteiger partial charge in [0.2, 0.25) is 0 Å². The molecule has 1 aromatic heterocycles. The molecule has 78 valence electrons. The first kappa shape index (κ1) is 10.4. The molecule has 0 aliphatic carbocycles. The zero-order valence-electron chi connectivity index (χ0n) is 8.44. The van der Waals surface area contributed by atoms with Crippen LogP contribution in [0.3, 0.4) is 0 Å². The van der Waals surface area contributed by atoms with E-state index in [-0.39, 0.29) is 0 Å². The number of benzene rings is 1. The zero-order valence-corrected chi connectivity index (χ0v) is 10.0. The number of aryl methyl sites for hydroxylation is 1. The van der Waals surface area contributed by atoms with Crippen molar-refractivity contribution in [3.63, 3.8) is 0 Å². The van der Waals surface area contributed by atoms with E-state index in [2.05, 4.69) is 33.9 Å². The molecular formula is C11H12BrN3. The van der Waals surface area contributed by atoms with Crippen molar-refractivity contribution in [3.8, 4) is 5.69 Å². The normalized spacial score (nSPS) is 10.6. The summed E-state index contributed by atoms with van der Waals surface area (Å²) in [6, 6.07) is 6.13. The molecule has 0 aliphatic rings. The van der Waals surface area contributed by atoms with Crippen molar-refractivity contribution in [2.24, 2.45) is 5.73 Å². The maximum Gasteiger partial charge on any atom is 0.0995 e. The second-order valence-electron chi connectivity index (χ2n) is 3.37. The predicted octanol–water partition coefficient (Wildman–Crippen LogP) is 2.40. The molecule has 0 unspecified atom stereocenters. The van der Waals surface area contributed by atoms with Crippen LogP contribution in [0.4, 0.5) is 0 Å². The lowest BCUT2D eigenvalue weighted by atomic mass is 10.2. The van der Waals surface area contributed by atoms with Gasteiger partial charge in [-0.1, -0.05) is 12.1 Å². The van der Waals surface area contributed by atoms with Gasteiger partial charge in [-0.25, -0.2) is 4.98 Å². The highest BCUT2D eigenvalue weighted by Crippen LogP contribution is 2.25. The summed E-state index contributed by atoms with van der Waals surface area (Å²) in [6.45, 7) is 2.55. The molecule has 0 bridgehead atoms. The Balaban J connectivity index is 2.59. The van der Waals surface area contributed by atoms with Gasteiger partial charge < -0.3 is 10.3 Å². The molecule has 2 N–H and O–H groups in total. The van der Waals surface area contributed by atoms with Crippen molar-refractivity contribution in [2.45, 2.75) is 13.5 Å². The minimum absolute atomic E-state index is 0.486. The van der Waals surface area contributed by atoms with Crippen LogP contribution in [0.1, 0.15) is 11.3 Å². The van der Waals surface area contributed by atoms with Crippen LogP contribution in [0.2, 0.25) is 0 Å². The van der Waals surface area contributed by atoms with E-state index in [4.69, 9.17) is 5.73 Å². The van der Waals surface area contributed by atoms with Crippen LogP contribution in [0.15, 0.2) is 35.2 Å². The smallest absolute Gasteiger partial charge is 0.0995 e. The molecule has 0 amide bonds. The van der Waals surface area contributed by atoms with Crippen LogP contribution in [-0.4, -0.2) is 9.55 Å². The summed E-state index contributed by atoms with van der Waals surface area (Å²) >= 11 is 3.58. The Kier molecular flexibility index (Phi) is 2.88. The van der Waals surface area contributed by atoms with E-state index >= 15 is 0 Å². The molecule has 0 aliphatic heterocycles. The van der Waals surface area contributed by atoms with Crippen molar-refractivity contribution in [3.05, 3.63) is 46.5 Å². The molecular weight excluding hydrogens is 254 g/mol. The van der Waals surface area contributed by atoms with Gasteiger partial charge in [0.05, 0.1) is 17.7 Å². The van der Waals surface area contributed by atoms with Gasteiger partial charge in [0.25, 0.3) is 0 Å². The van der Waals surface area contributed by atoms with Gasteiger partial charge in [-0.3, -0.25) is 0 Å². The average molecular weight is 266 g/mol. The Bertz CT molecular complexity index is 476. The maximum atomic E-state index is 5.64. The lowest BCUT2D eigenvalue weighted by molar-refractivity contribution is 0.905. The number of aromatic nitrogens is 2. The summed E-state index contributed by atoms with van der Waals surface area (Å²) in [5, 5.41) is 0. The maximum absolute atomic E-state index is 5.64. The number of hydrogen-bond donors (Lipinski definition) is 1. The summed E-state index contributed by atoms with van der Waals surface area (Å²) in [5.41, 5.74) is 8.92. The standard InChI is InChI=1S/C11H12BrN3/c1-8-3-2-4-10(11(8)12)15-7-14-6-9(15)5-13/h2-4,6-7H,5,13H2,1H3. The fourth-order valence-electron chi connectivity index (χ4n) is 1.51. The van der Waals surface area contributed by atoms with E-state index < -0.39 is 0 Å². The number of hydrogen-bond acceptors (Lipinski definition) is 2. The molecule has 0 saturated carbocycles. The zero-order chi connectivity index (χ0) is 10.8. The summed E-state index contributed by atoms with van der Waals surface area (Å²) in [5.74, 6) is 0. The van der Waals surface area contributed by atoms with Crippen molar-refractivity contribution >= 4 is 15.9 Å². The number of halogens is 1. The van der Waals surface area contributed by atoms with Crippen molar-refractivity contribution < 1.29 is 0 Å². The third-order valence-electron chi connectivity index (χ3n) is 2.36. The first-order valence-corrected chi connectivity index (χ1v) is 5.50. The van der Waals surface area contributed by atoms with Crippen molar-refractivity contribution in [2.75, 3.05) is 0 Å². The molecule has 0 spiro atoms. The van der Waals surface area contributed by atoms with E-state index in [1.54, 1.807) is 12.5 Å². The Labute approximate surface area is 97.1 Å². The number of imidazole rings is 1. The van der Waals surface area contributed by atoms with Gasteiger partial charge in [-0.2, -0.15) is 0 Å². The molecule has 0 fully saturated rings. The van der Waals surface area contributed by atoms with E-state index in [0.29, 0.717) is 6.54 Å². The first-order chi connectivity index (χ1) is 7.24. The van der Waals surface area contributed by atoms with E-state index in [0.717, 1.165) is 15.9 Å². The molecule has 1 heterocycles. The van der Waals surface area contributed by atoms with Gasteiger partial charge in [0, 0.05) is 17.2 Å². The molecule has 4 heteroatoms. The second-order valence-corrected chi connectivity index (χ2v) is 4.16. The van der Waals surface area contributed by atoms with Crippen LogP contribution in [-0.2, 0) is 6.54 Å². The first-order valence-electron chi connectivity index (χ1n) is 4.71. The number of nitrogens with zero attached hydrogens (tertiary/aromatic N) is 2. The summed E-state index contributed by atoms with van der Waals surface area (Å²) < 4.78 is 3.08. The Morgan fingerprint density at radius 2 is 2.27 bits per heavy atom. The highest BCUT2D eigenvalue weighted by atomic mass is 79.9. The molecule has 3 nitrogen and oxygen atoms in total. The van der Waals surface area contributed by atoms with Crippen LogP contribution < -0.4 is 5.73 Å². The molecule has 0 radical (unpaired) electrons. The van der Waals surface area contributed by atoms with Crippen molar-refractivity contribution in [1.82, 2.24) is 9.55 Å². The van der Waals surface area contributed by atoms with Crippen LogP contribution in [0.25, 0.3) is 5.69 Å². The Morgan fingerprint density at radius 1 is 1.47 bits per heavy atom. The molecule has 2 aromatic rings. The van der Waals surface area contributed by atoms with Crippen LogP contribution in [0.5, 0.6) is 0 Å². The lowest BCUT2D eigenvalue weighted by Gasteiger charge is -2.10. The number of rotatable bonds is 2. The lowest BCUT2D eigenvalue weighted by Crippen LogP contribution is -2.05. The van der Waals surface area contributed by atoms with Crippen LogP contribution in [0, 0.1) is 6.92 Å². The van der Waals surface area contributed by atoms with Gasteiger partial charge in [-0.05, 0) is 34.5 Å². The van der Waals surface area contributed by atoms with Crippen molar-refractivity contribution in [1.29, 1.82) is 0 Å². The fraction of sp³-hybridized carbons (Fsp3) is 0.182. The summed E-state index contributed by atoms with van der Waals surface area (Å²) in [7, 11) is 0. The minimum atomic E-state index is 0.486. The van der Waals surface area contributed by atoms with Gasteiger partial charge in [0.15, 0.2) is 0 Å². The molecule has 15 heavy (non-hydrogen) atoms. The minimum Gasteiger partial charge on any atom is -0.325 e. The summed E-state index contributed by atoms with van der Waals surface area (Å²) in [4.78, 5) is 4.10. The van der Waals surface area contributed by atoms with E-state index in [9.17, 15) is 0 Å². The average Bonchev–Trinajstić information content (AvgIpc) is 2.70. The van der Waals surface area contributed by atoms with Gasteiger partial charge in [-0.15, -0.1) is 0 Å². The highest BCUT2D eigenvalue weighted by molar-refractivity contribution is 9.10. The fourth-order valence-corrected chi connectivity index (χ4v) is 1.96. The third-order valence-corrected chi connectivity index (χ3v) is 3.39. The molecule has 2 rings (SSSR count). The van der Waals surface area contributed by atoms with Gasteiger partial charge >= 0.3 is 0 Å². The van der Waals surface area contributed by atoms with Gasteiger partial charge in [0.1, 0.15) is 0 Å². The third kappa shape index (κ3) is 1.82. The quantitative estimate of drug-likeness (QED) is 0.907. The van der Waals surface area contributed by atoms with E-state index in [1.165, 1.54) is 5.56 Å². The SMILES string of the molecule is Cc1cccc(-n2cncc2CN)c1Br. The highest BCUT2D eigenvalue weighted by Gasteiger charge is 2.07. The molecule has 0 atom stereocenters. The molecule has 1 aromatic carbocycles. The molecule has 0 saturated heterocycles. The Hall–Kier alpha value is -1.13. The topological polar surface area (TPSA) is 43.8 Å². The van der Waals surface area contributed by atoms with E-state index in [1.807, 2.05) is 16.7 Å². The number of nitrogens with two attached hydrogens (primary N) is 1. The predicted molar refractivity (Wildman–Crippen MR) is 63.9 cm³/mol. The van der Waals surface area contributed by atoms with Crippen LogP contribution >= 0.6 is 15.9 Å². The largest absolute Gasteiger partial charge is 0.325 e. The second kappa shape index (κ2) is 4.16. The summed E-state index contributed by atoms with van der Waals surface area (Å²) in [6.07, 6.45) is 3.57.